The Hall–Kier alpha value is -1.07. The van der Waals surface area contributed by atoms with Gasteiger partial charge < -0.3 is 15.2 Å². The number of benzene rings is 1. The molecule has 2 N–H and O–H groups in total. The van der Waals surface area contributed by atoms with Gasteiger partial charge in [0.2, 0.25) is 0 Å². The van der Waals surface area contributed by atoms with Crippen molar-refractivity contribution in [2.75, 3.05) is 13.7 Å². The molecule has 2 atom stereocenters. The van der Waals surface area contributed by atoms with Crippen LogP contribution in [0.1, 0.15) is 29.5 Å². The fourth-order valence-corrected chi connectivity index (χ4v) is 3.00. The van der Waals surface area contributed by atoms with Crippen LogP contribution in [0.2, 0.25) is 4.34 Å². The summed E-state index contributed by atoms with van der Waals surface area (Å²) in [6.45, 7) is 2.53. The maximum Gasteiger partial charge on any atom is 0.119 e. The van der Waals surface area contributed by atoms with Gasteiger partial charge in [0, 0.05) is 17.5 Å². The maximum absolute atomic E-state index is 10.2. The number of nitrogens with one attached hydrogen (secondary N) is 1. The highest BCUT2D eigenvalue weighted by atomic mass is 35.5. The molecule has 108 valence electrons. The van der Waals surface area contributed by atoms with Gasteiger partial charge in [-0.2, -0.15) is 0 Å². The molecule has 1 aromatic heterocycles. The Labute approximate surface area is 128 Å². The molecule has 0 saturated heterocycles. The van der Waals surface area contributed by atoms with Gasteiger partial charge in [-0.15, -0.1) is 11.3 Å². The van der Waals surface area contributed by atoms with Crippen LogP contribution in [0, 0.1) is 0 Å². The van der Waals surface area contributed by atoms with Gasteiger partial charge in [-0.25, -0.2) is 0 Å². The van der Waals surface area contributed by atoms with Crippen LogP contribution in [0.4, 0.5) is 0 Å². The molecule has 0 radical (unpaired) electrons. The molecule has 0 bridgehead atoms. The zero-order valence-corrected chi connectivity index (χ0v) is 13.0. The topological polar surface area (TPSA) is 41.5 Å². The second-order valence-corrected chi connectivity index (χ2v) is 6.31. The molecular weight excluding hydrogens is 294 g/mol. The standard InChI is InChI=1S/C15H18ClNO2S/c1-10(14-6-7-15(16)20-14)17-9-13(18)11-4-3-5-12(8-11)19-2/h3-8,10,13,17-18H,9H2,1-2H3. The average molecular weight is 312 g/mol. The SMILES string of the molecule is COc1cccc(C(O)CNC(C)c2ccc(Cl)s2)c1. The summed E-state index contributed by atoms with van der Waals surface area (Å²) in [5.74, 6) is 0.750. The Morgan fingerprint density at radius 3 is 2.80 bits per heavy atom. The molecule has 0 amide bonds. The van der Waals surface area contributed by atoms with Gasteiger partial charge in [-0.05, 0) is 36.8 Å². The molecule has 1 heterocycles. The lowest BCUT2D eigenvalue weighted by Crippen LogP contribution is -2.24. The van der Waals surface area contributed by atoms with Crippen molar-refractivity contribution in [3.63, 3.8) is 0 Å². The van der Waals surface area contributed by atoms with Crippen molar-refractivity contribution in [2.45, 2.75) is 19.1 Å². The number of thiophene rings is 1. The number of hydrogen-bond donors (Lipinski definition) is 2. The Bertz CT molecular complexity index is 558. The third kappa shape index (κ3) is 3.96. The number of aliphatic hydroxyl groups is 1. The minimum absolute atomic E-state index is 0.160. The Morgan fingerprint density at radius 1 is 1.35 bits per heavy atom. The molecule has 2 rings (SSSR count). The summed E-state index contributed by atoms with van der Waals surface area (Å²) >= 11 is 7.47. The van der Waals surface area contributed by atoms with Crippen molar-refractivity contribution in [1.82, 2.24) is 5.32 Å². The summed E-state index contributed by atoms with van der Waals surface area (Å²) < 4.78 is 5.94. The molecule has 3 nitrogen and oxygen atoms in total. The van der Waals surface area contributed by atoms with E-state index in [2.05, 4.69) is 12.2 Å². The van der Waals surface area contributed by atoms with Crippen LogP contribution in [-0.2, 0) is 0 Å². The van der Waals surface area contributed by atoms with Crippen LogP contribution < -0.4 is 10.1 Å². The molecule has 0 saturated carbocycles. The van der Waals surface area contributed by atoms with Gasteiger partial charge in [-0.3, -0.25) is 0 Å². The molecule has 1 aromatic carbocycles. The molecule has 0 fully saturated rings. The zero-order valence-electron chi connectivity index (χ0n) is 11.5. The highest BCUT2D eigenvalue weighted by Gasteiger charge is 2.12. The Kier molecular flexibility index (Phi) is 5.43. The van der Waals surface area contributed by atoms with Crippen LogP contribution in [0.3, 0.4) is 0 Å². The van der Waals surface area contributed by atoms with E-state index < -0.39 is 6.10 Å². The lowest BCUT2D eigenvalue weighted by molar-refractivity contribution is 0.170. The van der Waals surface area contributed by atoms with E-state index in [0.29, 0.717) is 6.54 Å². The molecule has 0 aliphatic heterocycles. The number of rotatable bonds is 6. The predicted molar refractivity (Wildman–Crippen MR) is 83.7 cm³/mol. The fourth-order valence-electron chi connectivity index (χ4n) is 1.92. The lowest BCUT2D eigenvalue weighted by Gasteiger charge is -2.17. The minimum atomic E-state index is -0.567. The molecule has 2 unspecified atom stereocenters. The largest absolute Gasteiger partial charge is 0.497 e. The maximum atomic E-state index is 10.2. The van der Waals surface area contributed by atoms with E-state index in [-0.39, 0.29) is 6.04 Å². The zero-order chi connectivity index (χ0) is 14.5. The van der Waals surface area contributed by atoms with Gasteiger partial charge in [0.1, 0.15) is 5.75 Å². The van der Waals surface area contributed by atoms with E-state index in [1.54, 1.807) is 18.4 Å². The second-order valence-electron chi connectivity index (χ2n) is 4.56. The molecule has 2 aromatic rings. The smallest absolute Gasteiger partial charge is 0.119 e. The summed E-state index contributed by atoms with van der Waals surface area (Å²) in [6.07, 6.45) is -0.567. The van der Waals surface area contributed by atoms with Crippen molar-refractivity contribution in [3.05, 3.63) is 51.2 Å². The highest BCUT2D eigenvalue weighted by molar-refractivity contribution is 7.16. The normalized spacial score (nSPS) is 14.0. The van der Waals surface area contributed by atoms with Crippen molar-refractivity contribution in [3.8, 4) is 5.75 Å². The van der Waals surface area contributed by atoms with Crippen LogP contribution in [0.5, 0.6) is 5.75 Å². The molecule has 20 heavy (non-hydrogen) atoms. The van der Waals surface area contributed by atoms with Crippen molar-refractivity contribution < 1.29 is 9.84 Å². The third-order valence-corrected chi connectivity index (χ3v) is 4.53. The van der Waals surface area contributed by atoms with E-state index in [1.807, 2.05) is 36.4 Å². The van der Waals surface area contributed by atoms with Crippen molar-refractivity contribution in [2.24, 2.45) is 0 Å². The van der Waals surface area contributed by atoms with E-state index in [0.717, 1.165) is 20.5 Å². The van der Waals surface area contributed by atoms with E-state index >= 15 is 0 Å². The molecule has 5 heteroatoms. The fraction of sp³-hybridized carbons (Fsp3) is 0.333. The third-order valence-electron chi connectivity index (χ3n) is 3.12. The minimum Gasteiger partial charge on any atom is -0.497 e. The van der Waals surface area contributed by atoms with Gasteiger partial charge in [0.25, 0.3) is 0 Å². The first-order valence-electron chi connectivity index (χ1n) is 6.41. The quantitative estimate of drug-likeness (QED) is 0.852. The summed E-state index contributed by atoms with van der Waals surface area (Å²) in [4.78, 5) is 1.16. The van der Waals surface area contributed by atoms with Crippen molar-refractivity contribution in [1.29, 1.82) is 0 Å². The monoisotopic (exact) mass is 311 g/mol. The van der Waals surface area contributed by atoms with Gasteiger partial charge in [0.15, 0.2) is 0 Å². The van der Waals surface area contributed by atoms with Crippen LogP contribution in [-0.4, -0.2) is 18.8 Å². The number of halogens is 1. The van der Waals surface area contributed by atoms with E-state index in [9.17, 15) is 5.11 Å². The van der Waals surface area contributed by atoms with Crippen molar-refractivity contribution >= 4 is 22.9 Å². The molecular formula is C15H18ClNO2S. The van der Waals surface area contributed by atoms with Crippen LogP contribution in [0.25, 0.3) is 0 Å². The summed E-state index contributed by atoms with van der Waals surface area (Å²) in [5, 5.41) is 13.5. The summed E-state index contributed by atoms with van der Waals surface area (Å²) in [5.41, 5.74) is 0.841. The number of methoxy groups -OCH3 is 1. The van der Waals surface area contributed by atoms with Crippen LogP contribution >= 0.6 is 22.9 Å². The summed E-state index contributed by atoms with van der Waals surface area (Å²) in [7, 11) is 1.62. The van der Waals surface area contributed by atoms with Gasteiger partial charge in [0.05, 0.1) is 17.6 Å². The first-order chi connectivity index (χ1) is 9.60. The Morgan fingerprint density at radius 2 is 2.15 bits per heavy atom. The van der Waals surface area contributed by atoms with Gasteiger partial charge in [-0.1, -0.05) is 23.7 Å². The van der Waals surface area contributed by atoms with E-state index in [1.165, 1.54) is 0 Å². The first kappa shape index (κ1) is 15.3. The predicted octanol–water partition coefficient (Wildman–Crippen LogP) is 3.79. The summed E-state index contributed by atoms with van der Waals surface area (Å²) in [6, 6.07) is 11.5. The van der Waals surface area contributed by atoms with E-state index in [4.69, 9.17) is 16.3 Å². The molecule has 0 aliphatic carbocycles. The second kappa shape index (κ2) is 7.09. The number of ether oxygens (including phenoxy) is 1. The highest BCUT2D eigenvalue weighted by Crippen LogP contribution is 2.27. The van der Waals surface area contributed by atoms with Gasteiger partial charge >= 0.3 is 0 Å². The average Bonchev–Trinajstić information content (AvgIpc) is 2.91. The number of aliphatic hydroxyl groups excluding tert-OH is 1. The molecule has 0 aliphatic rings. The first-order valence-corrected chi connectivity index (χ1v) is 7.60. The lowest BCUT2D eigenvalue weighted by atomic mass is 10.1. The molecule has 0 spiro atoms. The van der Waals surface area contributed by atoms with Crippen LogP contribution in [0.15, 0.2) is 36.4 Å². The Balaban J connectivity index is 1.92. The number of hydrogen-bond acceptors (Lipinski definition) is 4.